The third-order valence-electron chi connectivity index (χ3n) is 8.61. The zero-order valence-corrected chi connectivity index (χ0v) is 33.9. The van der Waals surface area contributed by atoms with E-state index in [1.54, 1.807) is 6.08 Å². The fourth-order valence-electron chi connectivity index (χ4n) is 5.04. The molecule has 308 valence electrons. The van der Waals surface area contributed by atoms with Crippen LogP contribution in [0.3, 0.4) is 0 Å². The molecule has 0 spiro atoms. The van der Waals surface area contributed by atoms with Crippen molar-refractivity contribution in [2.45, 2.75) is 167 Å². The largest absolute Gasteiger partial charge is 0.472 e. The molecule has 0 aliphatic rings. The van der Waals surface area contributed by atoms with Gasteiger partial charge in [-0.25, -0.2) is 4.57 Å². The molecule has 0 amide bonds. The lowest BCUT2D eigenvalue weighted by Gasteiger charge is -2.20. The van der Waals surface area contributed by atoms with Gasteiger partial charge in [-0.2, -0.15) is 0 Å². The highest BCUT2D eigenvalue weighted by atomic mass is 31.2. The Labute approximate surface area is 320 Å². The Morgan fingerprint density at radius 3 is 2.06 bits per heavy atom. The second-order valence-corrected chi connectivity index (χ2v) is 15.2. The van der Waals surface area contributed by atoms with Crippen molar-refractivity contribution < 1.29 is 52.9 Å². The number of hydrogen-bond acceptors (Lipinski definition) is 10. The number of phosphoric acid groups is 1. The average molecular weight is 773 g/mol. The van der Waals surface area contributed by atoms with Gasteiger partial charge in [-0.1, -0.05) is 140 Å². The predicted octanol–water partition coefficient (Wildman–Crippen LogP) is 8.99. The minimum Gasteiger partial charge on any atom is -0.462 e. The van der Waals surface area contributed by atoms with Crippen LogP contribution in [0.5, 0.6) is 0 Å². The molecule has 0 saturated heterocycles. The highest BCUT2D eigenvalue weighted by Crippen LogP contribution is 2.43. The van der Waals surface area contributed by atoms with Gasteiger partial charge in [0.1, 0.15) is 12.7 Å². The van der Waals surface area contributed by atoms with E-state index in [4.69, 9.17) is 19.1 Å². The normalized spacial score (nSPS) is 15.7. The van der Waals surface area contributed by atoms with Gasteiger partial charge in [-0.3, -0.25) is 18.6 Å². The highest BCUT2D eigenvalue weighted by molar-refractivity contribution is 7.47. The van der Waals surface area contributed by atoms with E-state index in [1.165, 1.54) is 57.8 Å². The molecule has 0 saturated carbocycles. The third kappa shape index (κ3) is 35.4. The van der Waals surface area contributed by atoms with Gasteiger partial charge in [0.2, 0.25) is 0 Å². The molecule has 0 aromatic heterocycles. The Morgan fingerprint density at radius 2 is 1.36 bits per heavy atom. The standard InChI is InChI=1S/C41H73O11P/c1-4-6-7-8-12-18-23-28-37(43)29-24-19-14-11-16-20-25-30-40(45)49-34-39(35-51-53(47,48)50-33-38(44)32-42)52-41(46)31-26-21-15-10-9-13-17-22-27-36(3)5-2/h11-12,16,18-19,23-24,28,36-39,42-44H,4-10,13-15,17,20-22,25-27,29-35H2,1-3H3,(H,47,48)/b16-11+,18-12-,24-19-,28-23-/t36?,37-,38+,39-/m1/s1. The first-order valence-electron chi connectivity index (χ1n) is 20.1. The summed E-state index contributed by atoms with van der Waals surface area (Å²) < 4.78 is 32.5. The van der Waals surface area contributed by atoms with Gasteiger partial charge in [0.05, 0.1) is 25.9 Å². The molecule has 0 aromatic rings. The topological polar surface area (TPSA) is 169 Å². The number of aliphatic hydroxyl groups excluding tert-OH is 3. The average Bonchev–Trinajstić information content (AvgIpc) is 3.14. The molecule has 53 heavy (non-hydrogen) atoms. The van der Waals surface area contributed by atoms with E-state index in [-0.39, 0.29) is 19.4 Å². The lowest BCUT2D eigenvalue weighted by molar-refractivity contribution is -0.161. The van der Waals surface area contributed by atoms with Gasteiger partial charge in [0.15, 0.2) is 6.10 Å². The summed E-state index contributed by atoms with van der Waals surface area (Å²) in [6, 6.07) is 0. The molecule has 0 aliphatic carbocycles. The Morgan fingerprint density at radius 1 is 0.717 bits per heavy atom. The van der Waals surface area contributed by atoms with Crippen molar-refractivity contribution in [1.82, 2.24) is 0 Å². The quantitative estimate of drug-likeness (QED) is 0.0158. The number of esters is 2. The van der Waals surface area contributed by atoms with Crippen LogP contribution in [0.15, 0.2) is 48.6 Å². The minimum absolute atomic E-state index is 0.131. The lowest BCUT2D eigenvalue weighted by Crippen LogP contribution is -2.29. The van der Waals surface area contributed by atoms with Gasteiger partial charge < -0.3 is 29.7 Å². The van der Waals surface area contributed by atoms with Crippen LogP contribution < -0.4 is 0 Å². The van der Waals surface area contributed by atoms with Crippen LogP contribution in [0.4, 0.5) is 0 Å². The molecule has 0 rings (SSSR count). The highest BCUT2D eigenvalue weighted by Gasteiger charge is 2.27. The summed E-state index contributed by atoms with van der Waals surface area (Å²) >= 11 is 0. The van der Waals surface area contributed by atoms with Crippen molar-refractivity contribution in [3.05, 3.63) is 48.6 Å². The van der Waals surface area contributed by atoms with Gasteiger partial charge >= 0.3 is 19.8 Å². The first kappa shape index (κ1) is 50.9. The molecule has 0 aliphatic heterocycles. The van der Waals surface area contributed by atoms with E-state index in [9.17, 15) is 29.3 Å². The van der Waals surface area contributed by atoms with E-state index in [0.717, 1.165) is 31.6 Å². The number of ether oxygens (including phenoxy) is 2. The lowest BCUT2D eigenvalue weighted by atomic mass is 9.99. The molecule has 0 bridgehead atoms. The fourth-order valence-corrected chi connectivity index (χ4v) is 5.83. The number of carbonyl (C=O) groups is 2. The summed E-state index contributed by atoms with van der Waals surface area (Å²) in [5, 5.41) is 28.3. The summed E-state index contributed by atoms with van der Waals surface area (Å²) in [5.74, 6) is -0.239. The number of allylic oxidation sites excluding steroid dienone is 6. The summed E-state index contributed by atoms with van der Waals surface area (Å²) in [6.45, 7) is 4.48. The van der Waals surface area contributed by atoms with Crippen LogP contribution in [0.2, 0.25) is 0 Å². The van der Waals surface area contributed by atoms with Crippen molar-refractivity contribution in [2.24, 2.45) is 5.92 Å². The monoisotopic (exact) mass is 772 g/mol. The van der Waals surface area contributed by atoms with Crippen molar-refractivity contribution in [1.29, 1.82) is 0 Å². The van der Waals surface area contributed by atoms with Crippen molar-refractivity contribution in [3.63, 3.8) is 0 Å². The van der Waals surface area contributed by atoms with E-state index in [1.807, 2.05) is 36.5 Å². The minimum atomic E-state index is -4.64. The van der Waals surface area contributed by atoms with Crippen LogP contribution in [-0.2, 0) is 32.7 Å². The van der Waals surface area contributed by atoms with Crippen molar-refractivity contribution >= 4 is 19.8 Å². The molecule has 5 atom stereocenters. The Hall–Kier alpha value is -2.11. The first-order valence-corrected chi connectivity index (χ1v) is 21.6. The first-order chi connectivity index (χ1) is 25.5. The zero-order chi connectivity index (χ0) is 39.4. The molecule has 2 unspecified atom stereocenters. The summed E-state index contributed by atoms with van der Waals surface area (Å²) in [4.78, 5) is 34.9. The summed E-state index contributed by atoms with van der Waals surface area (Å²) in [6.07, 6.45) is 31.2. The van der Waals surface area contributed by atoms with Crippen molar-refractivity contribution in [2.75, 3.05) is 26.4 Å². The SMILES string of the molecule is CCCCC/C=C\C=C/[C@@H](O)C/C=C\C/C=C/CCCC(=O)OC[C@H](COP(=O)(O)OC[C@@H](O)CO)OC(=O)CCCCCCCCCCC(C)CC. The van der Waals surface area contributed by atoms with Gasteiger partial charge in [-0.05, 0) is 50.9 Å². The van der Waals surface area contributed by atoms with Gasteiger partial charge in [-0.15, -0.1) is 0 Å². The molecule has 0 fully saturated rings. The molecule has 11 nitrogen and oxygen atoms in total. The molecular formula is C41H73O11P. The van der Waals surface area contributed by atoms with E-state index >= 15 is 0 Å². The number of phosphoric ester groups is 1. The maximum atomic E-state index is 12.6. The zero-order valence-electron chi connectivity index (χ0n) is 33.0. The molecule has 0 heterocycles. The second-order valence-electron chi connectivity index (χ2n) is 13.8. The van der Waals surface area contributed by atoms with E-state index < -0.39 is 57.9 Å². The van der Waals surface area contributed by atoms with Crippen LogP contribution in [0.1, 0.15) is 149 Å². The van der Waals surface area contributed by atoms with Crippen LogP contribution in [0.25, 0.3) is 0 Å². The number of hydrogen-bond donors (Lipinski definition) is 4. The molecule has 0 aromatic carbocycles. The molecule has 0 radical (unpaired) electrons. The molecular weight excluding hydrogens is 699 g/mol. The fraction of sp³-hybridized carbons (Fsp3) is 0.756. The van der Waals surface area contributed by atoms with E-state index in [2.05, 4.69) is 31.4 Å². The predicted molar refractivity (Wildman–Crippen MR) is 211 cm³/mol. The molecule has 4 N–H and O–H groups in total. The van der Waals surface area contributed by atoms with Gasteiger partial charge in [0.25, 0.3) is 0 Å². The van der Waals surface area contributed by atoms with E-state index in [0.29, 0.717) is 32.1 Å². The van der Waals surface area contributed by atoms with Crippen LogP contribution >= 0.6 is 7.82 Å². The van der Waals surface area contributed by atoms with Crippen molar-refractivity contribution in [3.8, 4) is 0 Å². The van der Waals surface area contributed by atoms with Crippen LogP contribution in [-0.4, -0.2) is 76.9 Å². The number of rotatable bonds is 36. The number of aliphatic hydroxyl groups is 3. The van der Waals surface area contributed by atoms with Gasteiger partial charge in [0, 0.05) is 12.8 Å². The Bertz CT molecular complexity index is 1060. The maximum absolute atomic E-state index is 12.6. The molecule has 12 heteroatoms. The maximum Gasteiger partial charge on any atom is 0.472 e. The number of carbonyl (C=O) groups excluding carboxylic acids is 2. The summed E-state index contributed by atoms with van der Waals surface area (Å²) in [5.41, 5.74) is 0. The number of unbranched alkanes of at least 4 members (excludes halogenated alkanes) is 11. The summed E-state index contributed by atoms with van der Waals surface area (Å²) in [7, 11) is -4.64. The third-order valence-corrected chi connectivity index (χ3v) is 9.56. The Kier molecular flexibility index (Phi) is 34.2. The second kappa shape index (κ2) is 35.6. The smallest absolute Gasteiger partial charge is 0.462 e. The van der Waals surface area contributed by atoms with Crippen LogP contribution in [0, 0.1) is 5.92 Å². The Balaban J connectivity index is 4.51.